The number of nitrogens with zero attached hydrogens (tertiary/aromatic N) is 1. The quantitative estimate of drug-likeness (QED) is 0.434. The van der Waals surface area contributed by atoms with Crippen molar-refractivity contribution in [2.75, 3.05) is 25.0 Å². The molecule has 0 aliphatic heterocycles. The van der Waals surface area contributed by atoms with Gasteiger partial charge in [-0.1, -0.05) is 6.92 Å². The molecule has 0 aromatic heterocycles. The summed E-state index contributed by atoms with van der Waals surface area (Å²) in [7, 11) is 0. The summed E-state index contributed by atoms with van der Waals surface area (Å²) in [5.74, 6) is 0. The fourth-order valence-corrected chi connectivity index (χ4v) is 1.62. The van der Waals surface area contributed by atoms with Crippen LogP contribution in [0.15, 0.2) is 18.2 Å². The van der Waals surface area contributed by atoms with Crippen LogP contribution in [0.1, 0.15) is 25.3 Å². The van der Waals surface area contributed by atoms with Crippen molar-refractivity contribution in [1.82, 2.24) is 5.32 Å². The minimum Gasteiger partial charge on any atom is -0.385 e. The first-order valence-corrected chi connectivity index (χ1v) is 6.07. The van der Waals surface area contributed by atoms with Gasteiger partial charge in [0.05, 0.1) is 4.92 Å². The highest BCUT2D eigenvalue weighted by Gasteiger charge is 2.17. The van der Waals surface area contributed by atoms with Crippen LogP contribution in [-0.2, 0) is 0 Å². The fourth-order valence-electron chi connectivity index (χ4n) is 1.62. The summed E-state index contributed by atoms with van der Waals surface area (Å²) in [5.41, 5.74) is -0.414. The SMILES string of the molecule is CCNCCCNc1ccc([N+](=O)[O-])cc1C(F)F. The smallest absolute Gasteiger partial charge is 0.270 e. The molecular weight excluding hydrogens is 256 g/mol. The molecule has 19 heavy (non-hydrogen) atoms. The normalized spacial score (nSPS) is 10.7. The molecule has 0 saturated heterocycles. The van der Waals surface area contributed by atoms with Crippen LogP contribution in [0.5, 0.6) is 0 Å². The van der Waals surface area contributed by atoms with Gasteiger partial charge >= 0.3 is 0 Å². The molecule has 1 aromatic rings. The van der Waals surface area contributed by atoms with Gasteiger partial charge in [0.2, 0.25) is 0 Å². The summed E-state index contributed by atoms with van der Waals surface area (Å²) < 4.78 is 25.7. The van der Waals surface area contributed by atoms with E-state index in [1.54, 1.807) is 0 Å². The van der Waals surface area contributed by atoms with Crippen molar-refractivity contribution >= 4 is 11.4 Å². The van der Waals surface area contributed by atoms with Crippen LogP contribution in [0.25, 0.3) is 0 Å². The molecular formula is C12H17F2N3O2. The van der Waals surface area contributed by atoms with E-state index in [1.165, 1.54) is 12.1 Å². The summed E-state index contributed by atoms with van der Waals surface area (Å²) >= 11 is 0. The number of rotatable bonds is 8. The van der Waals surface area contributed by atoms with E-state index < -0.39 is 11.3 Å². The Bertz CT molecular complexity index is 427. The number of non-ortho nitro benzene ring substituents is 1. The third-order valence-electron chi connectivity index (χ3n) is 2.58. The second kappa shape index (κ2) is 7.63. The number of nitro benzene ring substituents is 1. The number of alkyl halides is 2. The predicted octanol–water partition coefficient (Wildman–Crippen LogP) is 2.94. The van der Waals surface area contributed by atoms with Crippen molar-refractivity contribution in [3.05, 3.63) is 33.9 Å². The van der Waals surface area contributed by atoms with Crippen LogP contribution in [0.3, 0.4) is 0 Å². The van der Waals surface area contributed by atoms with Crippen molar-refractivity contribution in [2.24, 2.45) is 0 Å². The number of benzene rings is 1. The molecule has 2 N–H and O–H groups in total. The maximum atomic E-state index is 12.8. The molecule has 5 nitrogen and oxygen atoms in total. The number of nitrogens with one attached hydrogen (secondary N) is 2. The summed E-state index contributed by atoms with van der Waals surface area (Å²) in [6.07, 6.45) is -1.95. The lowest BCUT2D eigenvalue weighted by atomic mass is 10.1. The molecule has 1 rings (SSSR count). The zero-order chi connectivity index (χ0) is 14.3. The van der Waals surface area contributed by atoms with E-state index in [4.69, 9.17) is 0 Å². The Kier molecular flexibility index (Phi) is 6.14. The third-order valence-corrected chi connectivity index (χ3v) is 2.58. The molecule has 0 atom stereocenters. The number of hydrogen-bond acceptors (Lipinski definition) is 4. The Balaban J connectivity index is 2.69. The molecule has 0 aliphatic carbocycles. The highest BCUT2D eigenvalue weighted by Crippen LogP contribution is 2.30. The molecule has 0 fully saturated rings. The lowest BCUT2D eigenvalue weighted by Gasteiger charge is -2.11. The van der Waals surface area contributed by atoms with Crippen molar-refractivity contribution in [3.8, 4) is 0 Å². The van der Waals surface area contributed by atoms with Crippen LogP contribution in [0.2, 0.25) is 0 Å². The molecule has 0 bridgehead atoms. The maximum Gasteiger partial charge on any atom is 0.270 e. The molecule has 106 valence electrons. The second-order valence-corrected chi connectivity index (χ2v) is 3.96. The van der Waals surface area contributed by atoms with Crippen molar-refractivity contribution in [1.29, 1.82) is 0 Å². The van der Waals surface area contributed by atoms with E-state index in [0.29, 0.717) is 6.54 Å². The molecule has 0 aliphatic rings. The Hall–Kier alpha value is -1.76. The zero-order valence-corrected chi connectivity index (χ0v) is 10.7. The van der Waals surface area contributed by atoms with Crippen LogP contribution >= 0.6 is 0 Å². The Morgan fingerprint density at radius 2 is 2.11 bits per heavy atom. The van der Waals surface area contributed by atoms with Gasteiger partial charge in [0.1, 0.15) is 0 Å². The predicted molar refractivity (Wildman–Crippen MR) is 69.7 cm³/mol. The van der Waals surface area contributed by atoms with Gasteiger partial charge in [-0.3, -0.25) is 10.1 Å². The minimum absolute atomic E-state index is 0.247. The van der Waals surface area contributed by atoms with Gasteiger partial charge in [0.25, 0.3) is 12.1 Å². The van der Waals surface area contributed by atoms with Gasteiger partial charge in [0.15, 0.2) is 0 Å². The number of hydrogen-bond donors (Lipinski definition) is 2. The first-order valence-electron chi connectivity index (χ1n) is 6.07. The van der Waals surface area contributed by atoms with Crippen molar-refractivity contribution < 1.29 is 13.7 Å². The van der Waals surface area contributed by atoms with Crippen LogP contribution < -0.4 is 10.6 Å². The minimum atomic E-state index is -2.74. The average Bonchev–Trinajstić information content (AvgIpc) is 2.38. The standard InChI is InChI=1S/C12H17F2N3O2/c1-2-15-6-3-7-16-11-5-4-9(17(18)19)8-10(11)12(13)14/h4-5,8,12,15-16H,2-3,6-7H2,1H3. The summed E-state index contributed by atoms with van der Waals surface area (Å²) in [6.45, 7) is 4.17. The molecule has 0 radical (unpaired) electrons. The van der Waals surface area contributed by atoms with E-state index in [0.717, 1.165) is 25.6 Å². The lowest BCUT2D eigenvalue weighted by molar-refractivity contribution is -0.385. The van der Waals surface area contributed by atoms with Gasteiger partial charge in [-0.15, -0.1) is 0 Å². The molecule has 0 unspecified atom stereocenters. The monoisotopic (exact) mass is 273 g/mol. The highest BCUT2D eigenvalue weighted by molar-refractivity contribution is 5.56. The lowest BCUT2D eigenvalue weighted by Crippen LogP contribution is -2.17. The first-order chi connectivity index (χ1) is 9.06. The molecule has 1 aromatic carbocycles. The Morgan fingerprint density at radius 3 is 2.68 bits per heavy atom. The van der Waals surface area contributed by atoms with Gasteiger partial charge in [0, 0.05) is 29.9 Å². The summed E-state index contributed by atoms with van der Waals surface area (Å²) in [4.78, 5) is 9.87. The van der Waals surface area contributed by atoms with Gasteiger partial charge in [-0.25, -0.2) is 8.78 Å². The molecule has 7 heteroatoms. The second-order valence-electron chi connectivity index (χ2n) is 3.96. The van der Waals surface area contributed by atoms with E-state index in [1.807, 2.05) is 6.92 Å². The van der Waals surface area contributed by atoms with Gasteiger partial charge in [-0.05, 0) is 25.6 Å². The van der Waals surface area contributed by atoms with Crippen molar-refractivity contribution in [2.45, 2.75) is 19.8 Å². The first kappa shape index (κ1) is 15.3. The van der Waals surface area contributed by atoms with Crippen LogP contribution in [0, 0.1) is 10.1 Å². The zero-order valence-electron chi connectivity index (χ0n) is 10.7. The highest BCUT2D eigenvalue weighted by atomic mass is 19.3. The summed E-state index contributed by atoms with van der Waals surface area (Å²) in [5, 5.41) is 16.5. The van der Waals surface area contributed by atoms with Gasteiger partial charge in [-0.2, -0.15) is 0 Å². The molecule has 0 amide bonds. The molecule has 0 saturated carbocycles. The maximum absolute atomic E-state index is 12.8. The number of nitro groups is 1. The Morgan fingerprint density at radius 1 is 1.37 bits per heavy atom. The van der Waals surface area contributed by atoms with Crippen molar-refractivity contribution in [3.63, 3.8) is 0 Å². The topological polar surface area (TPSA) is 67.2 Å². The van der Waals surface area contributed by atoms with E-state index >= 15 is 0 Å². The molecule has 0 spiro atoms. The Labute approximate surface area is 110 Å². The average molecular weight is 273 g/mol. The fraction of sp³-hybridized carbons (Fsp3) is 0.500. The van der Waals surface area contributed by atoms with Crippen LogP contribution in [-0.4, -0.2) is 24.6 Å². The number of halogens is 2. The van der Waals surface area contributed by atoms with E-state index in [9.17, 15) is 18.9 Å². The van der Waals surface area contributed by atoms with Gasteiger partial charge < -0.3 is 10.6 Å². The largest absolute Gasteiger partial charge is 0.385 e. The van der Waals surface area contributed by atoms with E-state index in [2.05, 4.69) is 10.6 Å². The van der Waals surface area contributed by atoms with E-state index in [-0.39, 0.29) is 16.9 Å². The van der Waals surface area contributed by atoms with Crippen LogP contribution in [0.4, 0.5) is 20.2 Å². The number of anilines is 1. The third kappa shape index (κ3) is 4.78. The molecule has 0 heterocycles. The summed E-state index contributed by atoms with van der Waals surface area (Å²) in [6, 6.07) is 3.46.